The van der Waals surface area contributed by atoms with Gasteiger partial charge in [-0.05, 0) is 48.6 Å². The maximum Gasteiger partial charge on any atom is 0.252 e. The standard InChI is InChI=1S/C18H19N3O2S3/c22-26(23,15-4-2-9-25-15)21-8-7-18(12-21)6-1-3-14-16(19-20-17(14)18)13-5-10-24-11-13/h2,4-5,9-11H,1,3,6-8,12H2,(H,19,20)/t18-/m1/s1. The van der Waals surface area contributed by atoms with Gasteiger partial charge >= 0.3 is 0 Å². The molecule has 5 nitrogen and oxygen atoms in total. The number of hydrogen-bond acceptors (Lipinski definition) is 5. The molecule has 136 valence electrons. The number of H-pyrrole nitrogens is 1. The molecular weight excluding hydrogens is 386 g/mol. The molecule has 26 heavy (non-hydrogen) atoms. The fourth-order valence-electron chi connectivity index (χ4n) is 4.40. The number of sulfonamides is 1. The predicted octanol–water partition coefficient (Wildman–Crippen LogP) is 3.87. The third-order valence-electron chi connectivity index (χ3n) is 5.68. The maximum atomic E-state index is 12.9. The number of fused-ring (bicyclic) bond motifs is 2. The summed E-state index contributed by atoms with van der Waals surface area (Å²) < 4.78 is 28.0. The van der Waals surface area contributed by atoms with Crippen molar-refractivity contribution in [3.63, 3.8) is 0 Å². The molecule has 0 aromatic carbocycles. The Morgan fingerprint density at radius 1 is 1.23 bits per heavy atom. The molecule has 1 atom stereocenters. The lowest BCUT2D eigenvalue weighted by atomic mass is 9.72. The highest BCUT2D eigenvalue weighted by molar-refractivity contribution is 7.91. The minimum atomic E-state index is -3.39. The van der Waals surface area contributed by atoms with E-state index in [1.807, 2.05) is 5.38 Å². The molecule has 0 bridgehead atoms. The fraction of sp³-hybridized carbons (Fsp3) is 0.389. The van der Waals surface area contributed by atoms with Crippen molar-refractivity contribution >= 4 is 32.7 Å². The van der Waals surface area contributed by atoms with Gasteiger partial charge in [0.15, 0.2) is 0 Å². The summed E-state index contributed by atoms with van der Waals surface area (Å²) in [6.45, 7) is 1.12. The van der Waals surface area contributed by atoms with Gasteiger partial charge in [-0.3, -0.25) is 5.10 Å². The SMILES string of the molecule is O=S(=O)(c1cccs1)N1CC[C@]2(CCCc3c(-c4ccsc4)n[nH]c32)C1. The Morgan fingerprint density at radius 3 is 2.92 bits per heavy atom. The van der Waals surface area contributed by atoms with E-state index >= 15 is 0 Å². The highest BCUT2D eigenvalue weighted by Gasteiger charge is 2.48. The van der Waals surface area contributed by atoms with Gasteiger partial charge in [0.05, 0.1) is 5.69 Å². The third kappa shape index (κ3) is 2.43. The van der Waals surface area contributed by atoms with E-state index in [2.05, 4.69) is 27.0 Å². The van der Waals surface area contributed by atoms with Crippen LogP contribution < -0.4 is 0 Å². The topological polar surface area (TPSA) is 66.1 Å². The first-order valence-corrected chi connectivity index (χ1v) is 12.0. The summed E-state index contributed by atoms with van der Waals surface area (Å²) in [4.78, 5) is 0. The lowest BCUT2D eigenvalue weighted by Crippen LogP contribution is -2.36. The molecule has 0 amide bonds. The summed E-state index contributed by atoms with van der Waals surface area (Å²) in [6, 6.07) is 5.59. The van der Waals surface area contributed by atoms with Crippen molar-refractivity contribution in [2.75, 3.05) is 13.1 Å². The van der Waals surface area contributed by atoms with Crippen LogP contribution in [0, 0.1) is 0 Å². The number of rotatable bonds is 3. The zero-order valence-electron chi connectivity index (χ0n) is 14.1. The number of hydrogen-bond donors (Lipinski definition) is 1. The number of nitrogens with zero attached hydrogens (tertiary/aromatic N) is 2. The van der Waals surface area contributed by atoms with Crippen molar-refractivity contribution in [3.8, 4) is 11.3 Å². The van der Waals surface area contributed by atoms with Gasteiger partial charge in [0, 0.05) is 40.7 Å². The van der Waals surface area contributed by atoms with Crippen LogP contribution in [0.15, 0.2) is 38.5 Å². The van der Waals surface area contributed by atoms with Crippen molar-refractivity contribution in [1.82, 2.24) is 14.5 Å². The largest absolute Gasteiger partial charge is 0.281 e. The van der Waals surface area contributed by atoms with Crippen LogP contribution in [0.1, 0.15) is 30.5 Å². The Kier molecular flexibility index (Phi) is 3.86. The van der Waals surface area contributed by atoms with E-state index in [4.69, 9.17) is 0 Å². The molecule has 1 aliphatic carbocycles. The normalized spacial score (nSPS) is 23.5. The molecular formula is C18H19N3O2S3. The average Bonchev–Trinajstić information content (AvgIpc) is 3.41. The van der Waals surface area contributed by atoms with Crippen molar-refractivity contribution in [1.29, 1.82) is 0 Å². The first-order chi connectivity index (χ1) is 12.6. The van der Waals surface area contributed by atoms with E-state index in [9.17, 15) is 8.42 Å². The molecule has 0 saturated carbocycles. The van der Waals surface area contributed by atoms with Crippen LogP contribution in [0.25, 0.3) is 11.3 Å². The van der Waals surface area contributed by atoms with Crippen molar-refractivity contribution in [2.45, 2.75) is 35.3 Å². The third-order valence-corrected chi connectivity index (χ3v) is 9.58. The van der Waals surface area contributed by atoms with Gasteiger partial charge in [0.1, 0.15) is 4.21 Å². The molecule has 0 unspecified atom stereocenters. The van der Waals surface area contributed by atoms with Crippen molar-refractivity contribution in [2.24, 2.45) is 0 Å². The van der Waals surface area contributed by atoms with E-state index < -0.39 is 10.0 Å². The van der Waals surface area contributed by atoms with Crippen molar-refractivity contribution in [3.05, 3.63) is 45.6 Å². The minimum Gasteiger partial charge on any atom is -0.281 e. The highest BCUT2D eigenvalue weighted by Crippen LogP contribution is 2.46. The zero-order valence-corrected chi connectivity index (χ0v) is 16.6. The molecule has 3 aromatic rings. The molecule has 1 aliphatic heterocycles. The predicted molar refractivity (Wildman–Crippen MR) is 104 cm³/mol. The molecule has 2 aliphatic rings. The van der Waals surface area contributed by atoms with Crippen LogP contribution in [0.3, 0.4) is 0 Å². The average molecular weight is 406 g/mol. The second-order valence-electron chi connectivity index (χ2n) is 7.09. The Morgan fingerprint density at radius 2 is 2.15 bits per heavy atom. The van der Waals surface area contributed by atoms with Gasteiger partial charge in [-0.25, -0.2) is 8.42 Å². The van der Waals surface area contributed by atoms with E-state index in [-0.39, 0.29) is 5.41 Å². The molecule has 1 N–H and O–H groups in total. The van der Waals surface area contributed by atoms with Crippen LogP contribution >= 0.6 is 22.7 Å². The van der Waals surface area contributed by atoms with Gasteiger partial charge in [0.2, 0.25) is 0 Å². The monoisotopic (exact) mass is 405 g/mol. The van der Waals surface area contributed by atoms with Gasteiger partial charge in [0.25, 0.3) is 10.0 Å². The molecule has 4 heterocycles. The number of thiophene rings is 2. The fourth-order valence-corrected chi connectivity index (χ4v) is 7.71. The van der Waals surface area contributed by atoms with Crippen LogP contribution in [0.4, 0.5) is 0 Å². The summed E-state index contributed by atoms with van der Waals surface area (Å²) in [7, 11) is -3.39. The van der Waals surface area contributed by atoms with Crippen molar-refractivity contribution < 1.29 is 8.42 Å². The molecule has 3 aromatic heterocycles. The van der Waals surface area contributed by atoms with Crippen LogP contribution in [-0.2, 0) is 21.9 Å². The summed E-state index contributed by atoms with van der Waals surface area (Å²) in [5.74, 6) is 0. The first-order valence-electron chi connectivity index (χ1n) is 8.74. The highest BCUT2D eigenvalue weighted by atomic mass is 32.2. The van der Waals surface area contributed by atoms with Crippen LogP contribution in [-0.4, -0.2) is 36.0 Å². The summed E-state index contributed by atoms with van der Waals surface area (Å²) in [5, 5.41) is 13.9. The van der Waals surface area contributed by atoms with E-state index in [1.165, 1.54) is 16.9 Å². The summed E-state index contributed by atoms with van der Waals surface area (Å²) in [6.07, 6.45) is 3.96. The Labute approximate surface area is 160 Å². The number of aromatic nitrogens is 2. The number of aromatic amines is 1. The Balaban J connectivity index is 1.51. The lowest BCUT2D eigenvalue weighted by molar-refractivity contribution is 0.358. The Hall–Kier alpha value is -1.48. The van der Waals surface area contributed by atoms with Crippen LogP contribution in [0.2, 0.25) is 0 Å². The van der Waals surface area contributed by atoms with E-state index in [1.54, 1.807) is 27.8 Å². The minimum absolute atomic E-state index is 0.126. The van der Waals surface area contributed by atoms with E-state index in [0.717, 1.165) is 42.6 Å². The second kappa shape index (κ2) is 6.02. The van der Waals surface area contributed by atoms with Gasteiger partial charge < -0.3 is 0 Å². The first kappa shape index (κ1) is 16.7. The molecule has 0 radical (unpaired) electrons. The molecule has 1 saturated heterocycles. The molecule has 5 rings (SSSR count). The Bertz CT molecular complexity index is 1020. The molecule has 1 spiro atoms. The van der Waals surface area contributed by atoms with Crippen LogP contribution in [0.5, 0.6) is 0 Å². The lowest BCUT2D eigenvalue weighted by Gasteiger charge is -2.33. The zero-order chi connectivity index (χ0) is 17.8. The smallest absolute Gasteiger partial charge is 0.252 e. The summed E-state index contributed by atoms with van der Waals surface area (Å²) >= 11 is 2.97. The van der Waals surface area contributed by atoms with Gasteiger partial charge in [-0.15, -0.1) is 11.3 Å². The molecule has 8 heteroatoms. The van der Waals surface area contributed by atoms with Gasteiger partial charge in [-0.1, -0.05) is 6.07 Å². The number of nitrogens with one attached hydrogen (secondary N) is 1. The van der Waals surface area contributed by atoms with E-state index in [0.29, 0.717) is 17.3 Å². The van der Waals surface area contributed by atoms with Gasteiger partial charge in [-0.2, -0.15) is 20.7 Å². The molecule has 1 fully saturated rings. The maximum absolute atomic E-state index is 12.9. The summed E-state index contributed by atoms with van der Waals surface area (Å²) in [5.41, 5.74) is 4.52. The second-order valence-corrected chi connectivity index (χ2v) is 11.0. The quantitative estimate of drug-likeness (QED) is 0.719.